The summed E-state index contributed by atoms with van der Waals surface area (Å²) in [5.74, 6) is 1.52. The molecule has 3 aromatic rings. The van der Waals surface area contributed by atoms with Gasteiger partial charge in [-0.3, -0.25) is 0 Å². The lowest BCUT2D eigenvalue weighted by Crippen LogP contribution is -2.28. The zero-order chi connectivity index (χ0) is 18.8. The Morgan fingerprint density at radius 3 is 2.70 bits per heavy atom. The number of benzene rings is 1. The van der Waals surface area contributed by atoms with Crippen LogP contribution in [0.4, 0.5) is 5.82 Å². The second kappa shape index (κ2) is 8.00. The summed E-state index contributed by atoms with van der Waals surface area (Å²) < 4.78 is 13.2. The highest BCUT2D eigenvalue weighted by Gasteiger charge is 2.21. The molecule has 0 bridgehead atoms. The average Bonchev–Trinajstić information content (AvgIpc) is 2.98. The minimum Gasteiger partial charge on any atom is -0.497 e. The lowest BCUT2D eigenvalue weighted by Gasteiger charge is -2.23. The van der Waals surface area contributed by atoms with Crippen LogP contribution in [0.15, 0.2) is 28.9 Å². The fraction of sp³-hybridized carbons (Fsp3) is 0.389. The Hall–Kier alpha value is -1.90. The summed E-state index contributed by atoms with van der Waals surface area (Å²) in [6, 6.07) is 8.16. The van der Waals surface area contributed by atoms with Crippen molar-refractivity contribution < 1.29 is 9.47 Å². The molecule has 0 aliphatic carbocycles. The molecule has 1 aliphatic rings. The number of hydrogen-bond donors (Lipinski definition) is 1. The van der Waals surface area contributed by atoms with Crippen molar-refractivity contribution in [2.45, 2.75) is 25.4 Å². The van der Waals surface area contributed by atoms with Crippen molar-refractivity contribution in [2.24, 2.45) is 0 Å². The molecule has 0 amide bonds. The largest absolute Gasteiger partial charge is 0.497 e. The first-order valence-electron chi connectivity index (χ1n) is 8.71. The van der Waals surface area contributed by atoms with Gasteiger partial charge in [-0.05, 0) is 58.1 Å². The molecule has 7 nitrogen and oxygen atoms in total. The minimum atomic E-state index is 0.195. The molecule has 0 unspecified atom stereocenters. The highest BCUT2D eigenvalue weighted by atomic mass is 79.9. The summed E-state index contributed by atoms with van der Waals surface area (Å²) in [4.78, 5) is 8.82. The van der Waals surface area contributed by atoms with E-state index in [1.165, 1.54) is 0 Å². The van der Waals surface area contributed by atoms with E-state index < -0.39 is 0 Å². The molecule has 27 heavy (non-hydrogen) atoms. The Balaban J connectivity index is 1.67. The molecule has 1 aliphatic heterocycles. The molecular formula is C18H19BrClN5O2. The summed E-state index contributed by atoms with van der Waals surface area (Å²) in [6.07, 6.45) is 1.86. The van der Waals surface area contributed by atoms with Crippen LogP contribution in [0.1, 0.15) is 18.4 Å². The van der Waals surface area contributed by atoms with Gasteiger partial charge in [0.15, 0.2) is 5.65 Å². The number of hydrogen-bond acceptors (Lipinski definition) is 6. The van der Waals surface area contributed by atoms with E-state index in [4.69, 9.17) is 21.1 Å². The third kappa shape index (κ3) is 4.02. The monoisotopic (exact) mass is 451 g/mol. The van der Waals surface area contributed by atoms with Crippen molar-refractivity contribution in [3.63, 3.8) is 0 Å². The Morgan fingerprint density at radius 2 is 2.00 bits per heavy atom. The van der Waals surface area contributed by atoms with Gasteiger partial charge in [-0.15, -0.1) is 0 Å². The van der Waals surface area contributed by atoms with Gasteiger partial charge in [0.1, 0.15) is 16.2 Å². The van der Waals surface area contributed by atoms with Crippen molar-refractivity contribution >= 4 is 44.4 Å². The van der Waals surface area contributed by atoms with Crippen LogP contribution in [0, 0.1) is 0 Å². The first-order valence-corrected chi connectivity index (χ1v) is 9.88. The maximum atomic E-state index is 6.21. The highest BCUT2D eigenvalue weighted by molar-refractivity contribution is 9.10. The minimum absolute atomic E-state index is 0.195. The van der Waals surface area contributed by atoms with Crippen molar-refractivity contribution in [1.29, 1.82) is 0 Å². The van der Waals surface area contributed by atoms with Crippen molar-refractivity contribution in [1.82, 2.24) is 19.7 Å². The van der Waals surface area contributed by atoms with Gasteiger partial charge in [-0.1, -0.05) is 12.1 Å². The maximum absolute atomic E-state index is 6.21. The van der Waals surface area contributed by atoms with Crippen LogP contribution >= 0.6 is 27.5 Å². The number of nitrogens with zero attached hydrogens (tertiary/aromatic N) is 4. The molecule has 0 saturated carbocycles. The quantitative estimate of drug-likeness (QED) is 0.592. The van der Waals surface area contributed by atoms with Gasteiger partial charge in [0.25, 0.3) is 0 Å². The molecule has 1 saturated heterocycles. The number of halogens is 2. The van der Waals surface area contributed by atoms with Crippen LogP contribution in [0.5, 0.6) is 5.75 Å². The zero-order valence-electron chi connectivity index (χ0n) is 14.8. The average molecular weight is 453 g/mol. The van der Waals surface area contributed by atoms with Crippen LogP contribution in [0.25, 0.3) is 11.0 Å². The second-order valence-electron chi connectivity index (χ2n) is 6.37. The van der Waals surface area contributed by atoms with Gasteiger partial charge < -0.3 is 14.8 Å². The lowest BCUT2D eigenvalue weighted by atomic mass is 10.1. The molecule has 4 rings (SSSR count). The van der Waals surface area contributed by atoms with Gasteiger partial charge >= 0.3 is 0 Å². The molecule has 0 spiro atoms. The first kappa shape index (κ1) is 18.5. The molecular weight excluding hydrogens is 434 g/mol. The maximum Gasteiger partial charge on any atom is 0.226 e. The Labute approximate surface area is 170 Å². The molecule has 9 heteroatoms. The molecule has 1 N–H and O–H groups in total. The van der Waals surface area contributed by atoms with Gasteiger partial charge in [-0.2, -0.15) is 15.1 Å². The summed E-state index contributed by atoms with van der Waals surface area (Å²) in [5, 5.41) is 9.11. The van der Waals surface area contributed by atoms with Crippen LogP contribution in [0.2, 0.25) is 5.28 Å². The van der Waals surface area contributed by atoms with E-state index in [0.717, 1.165) is 42.8 Å². The van der Waals surface area contributed by atoms with E-state index >= 15 is 0 Å². The van der Waals surface area contributed by atoms with E-state index in [-0.39, 0.29) is 5.28 Å². The number of anilines is 1. The number of ether oxygens (including phenoxy) is 2. The molecule has 0 atom stereocenters. The predicted octanol–water partition coefficient (Wildman–Crippen LogP) is 3.89. The summed E-state index contributed by atoms with van der Waals surface area (Å²) in [5.41, 5.74) is 1.77. The summed E-state index contributed by atoms with van der Waals surface area (Å²) in [7, 11) is 1.65. The van der Waals surface area contributed by atoms with Gasteiger partial charge in [0, 0.05) is 19.3 Å². The topological polar surface area (TPSA) is 74.1 Å². The summed E-state index contributed by atoms with van der Waals surface area (Å²) in [6.45, 7) is 2.06. The van der Waals surface area contributed by atoms with Crippen LogP contribution in [-0.4, -0.2) is 46.1 Å². The molecule has 1 aromatic carbocycles. The highest BCUT2D eigenvalue weighted by Crippen LogP contribution is 2.31. The van der Waals surface area contributed by atoms with E-state index in [9.17, 15) is 0 Å². The van der Waals surface area contributed by atoms with E-state index in [1.807, 2.05) is 28.9 Å². The number of methoxy groups -OCH3 is 1. The van der Waals surface area contributed by atoms with Crippen molar-refractivity contribution in [2.75, 3.05) is 25.6 Å². The summed E-state index contributed by atoms with van der Waals surface area (Å²) >= 11 is 9.76. The number of nitrogens with one attached hydrogen (secondary N) is 1. The van der Waals surface area contributed by atoms with Gasteiger partial charge in [0.05, 0.1) is 19.0 Å². The smallest absolute Gasteiger partial charge is 0.226 e. The molecule has 1 fully saturated rings. The number of aromatic nitrogens is 4. The molecule has 2 aromatic heterocycles. The van der Waals surface area contributed by atoms with Crippen LogP contribution in [-0.2, 0) is 11.3 Å². The van der Waals surface area contributed by atoms with Gasteiger partial charge in [0.2, 0.25) is 5.28 Å². The van der Waals surface area contributed by atoms with Crippen molar-refractivity contribution in [3.8, 4) is 5.75 Å². The van der Waals surface area contributed by atoms with Crippen LogP contribution in [0.3, 0.4) is 0 Å². The van der Waals surface area contributed by atoms with Gasteiger partial charge in [-0.25, -0.2) is 4.68 Å². The predicted molar refractivity (Wildman–Crippen MR) is 108 cm³/mol. The standard InChI is InChI=1S/C18H19BrClN5O2/c1-26-13-4-2-11(3-5-13)10-25-17-14(15(19)24-25)16(22-18(20)23-17)21-12-6-8-27-9-7-12/h2-5,12H,6-10H2,1H3,(H,21,22,23). The molecule has 142 valence electrons. The first-order chi connectivity index (χ1) is 13.1. The Morgan fingerprint density at radius 1 is 1.26 bits per heavy atom. The number of fused-ring (bicyclic) bond motifs is 1. The van der Waals surface area contributed by atoms with E-state index in [2.05, 4.69) is 36.3 Å². The van der Waals surface area contributed by atoms with E-state index in [0.29, 0.717) is 28.7 Å². The van der Waals surface area contributed by atoms with E-state index in [1.54, 1.807) is 7.11 Å². The second-order valence-corrected chi connectivity index (χ2v) is 7.46. The number of rotatable bonds is 5. The third-order valence-electron chi connectivity index (χ3n) is 4.58. The molecule has 3 heterocycles. The normalized spacial score (nSPS) is 15.2. The third-order valence-corrected chi connectivity index (χ3v) is 5.30. The fourth-order valence-corrected chi connectivity index (χ4v) is 3.88. The fourth-order valence-electron chi connectivity index (χ4n) is 3.16. The molecule has 0 radical (unpaired) electrons. The zero-order valence-corrected chi connectivity index (χ0v) is 17.1. The Kier molecular flexibility index (Phi) is 5.47. The Bertz CT molecular complexity index is 941. The SMILES string of the molecule is COc1ccc(Cn2nc(Br)c3c(NC4CCOCC4)nc(Cl)nc32)cc1. The lowest BCUT2D eigenvalue weighted by molar-refractivity contribution is 0.0904. The van der Waals surface area contributed by atoms with Crippen LogP contribution < -0.4 is 10.1 Å². The van der Waals surface area contributed by atoms with Crippen molar-refractivity contribution in [3.05, 3.63) is 39.7 Å².